The second kappa shape index (κ2) is 11.9. The fourth-order valence-corrected chi connectivity index (χ4v) is 5.86. The second-order valence-corrected chi connectivity index (χ2v) is 11.3. The molecule has 0 saturated carbocycles. The zero-order valence-corrected chi connectivity index (χ0v) is 24.7. The Balaban J connectivity index is 1.77. The first-order valence-corrected chi connectivity index (χ1v) is 13.8. The van der Waals surface area contributed by atoms with Crippen LogP contribution in [-0.2, 0) is 32.5 Å². The van der Waals surface area contributed by atoms with E-state index in [1.807, 2.05) is 65.8 Å². The van der Waals surface area contributed by atoms with Crippen molar-refractivity contribution >= 4 is 0 Å². The van der Waals surface area contributed by atoms with Gasteiger partial charge in [0.05, 0.1) is 13.2 Å². The maximum Gasteiger partial charge on any atom is 0.124 e. The van der Waals surface area contributed by atoms with Gasteiger partial charge in [-0.2, -0.15) is 0 Å². The first kappa shape index (κ1) is 30.0. The highest BCUT2D eigenvalue weighted by molar-refractivity contribution is 5.57. The average Bonchev–Trinajstić information content (AvgIpc) is 2.93. The zero-order chi connectivity index (χ0) is 30.2. The van der Waals surface area contributed by atoms with Crippen LogP contribution >= 0.6 is 0 Å². The molecule has 0 heterocycles. The zero-order valence-electron chi connectivity index (χ0n) is 24.7. The molecule has 6 heteroatoms. The van der Waals surface area contributed by atoms with Crippen LogP contribution in [0.5, 0.6) is 23.0 Å². The number of phenolic OH excluding ortho intramolecular Hbond substituents is 2. The highest BCUT2D eigenvalue weighted by Crippen LogP contribution is 2.38. The van der Waals surface area contributed by atoms with E-state index in [-0.39, 0.29) is 36.2 Å². The van der Waals surface area contributed by atoms with Crippen LogP contribution in [0.25, 0.3) is 0 Å². The Bertz CT molecular complexity index is 1510. The molecule has 6 nitrogen and oxygen atoms in total. The number of aryl methyl sites for hydroxylation is 4. The minimum absolute atomic E-state index is 0.0401. The summed E-state index contributed by atoms with van der Waals surface area (Å²) >= 11 is 0. The van der Waals surface area contributed by atoms with E-state index in [0.29, 0.717) is 41.5 Å². The van der Waals surface area contributed by atoms with E-state index in [0.717, 1.165) is 55.6 Å². The van der Waals surface area contributed by atoms with Crippen LogP contribution in [0, 0.1) is 41.5 Å². The minimum Gasteiger partial charge on any atom is -0.507 e. The Morgan fingerprint density at radius 3 is 1.10 bits per heavy atom. The number of rotatable bonds is 8. The van der Waals surface area contributed by atoms with Crippen LogP contribution in [-0.4, -0.2) is 30.6 Å². The molecule has 4 aromatic carbocycles. The minimum atomic E-state index is -0.270. The van der Waals surface area contributed by atoms with Crippen LogP contribution in [0.15, 0.2) is 36.4 Å². The maximum atomic E-state index is 11.0. The van der Waals surface area contributed by atoms with E-state index in [1.165, 1.54) is 0 Å². The summed E-state index contributed by atoms with van der Waals surface area (Å²) in [6.45, 7) is 10.9. The van der Waals surface area contributed by atoms with Crippen molar-refractivity contribution in [2.24, 2.45) is 0 Å². The first-order valence-electron chi connectivity index (χ1n) is 13.8. The Hall–Kier alpha value is -4.00. The highest BCUT2D eigenvalue weighted by atomic mass is 16.3. The van der Waals surface area contributed by atoms with Crippen LogP contribution in [0.1, 0.15) is 77.9 Å². The smallest absolute Gasteiger partial charge is 0.124 e. The van der Waals surface area contributed by atoms with Gasteiger partial charge in [-0.25, -0.2) is 0 Å². The summed E-state index contributed by atoms with van der Waals surface area (Å²) in [5.41, 5.74) is 10.8. The first-order chi connectivity index (χ1) is 19.4. The number of aromatic hydroxyl groups is 4. The van der Waals surface area contributed by atoms with Crippen LogP contribution in [0.3, 0.4) is 0 Å². The van der Waals surface area contributed by atoms with Gasteiger partial charge in [-0.15, -0.1) is 0 Å². The molecule has 0 aliphatic heterocycles. The van der Waals surface area contributed by atoms with Crippen molar-refractivity contribution in [1.82, 2.24) is 0 Å². The number of phenols is 4. The van der Waals surface area contributed by atoms with Crippen molar-refractivity contribution in [3.05, 3.63) is 114 Å². The van der Waals surface area contributed by atoms with E-state index in [2.05, 4.69) is 0 Å². The molecule has 0 fully saturated rings. The van der Waals surface area contributed by atoms with Gasteiger partial charge in [-0.3, -0.25) is 0 Å². The lowest BCUT2D eigenvalue weighted by Crippen LogP contribution is -2.05. The number of aliphatic hydroxyl groups excluding tert-OH is 2. The van der Waals surface area contributed by atoms with Crippen LogP contribution in [0.4, 0.5) is 0 Å². The molecular weight excluding hydrogens is 516 g/mol. The van der Waals surface area contributed by atoms with Gasteiger partial charge in [-0.05, 0) is 92.5 Å². The number of hydrogen-bond donors (Lipinski definition) is 6. The average molecular weight is 557 g/mol. The maximum absolute atomic E-state index is 11.0. The van der Waals surface area contributed by atoms with Crippen LogP contribution in [0.2, 0.25) is 0 Å². The monoisotopic (exact) mass is 556 g/mol. The van der Waals surface area contributed by atoms with Gasteiger partial charge in [0, 0.05) is 35.1 Å². The Morgan fingerprint density at radius 2 is 0.756 bits per heavy atom. The van der Waals surface area contributed by atoms with Crippen molar-refractivity contribution in [3.63, 3.8) is 0 Å². The fraction of sp³-hybridized carbons (Fsp3) is 0.314. The molecule has 41 heavy (non-hydrogen) atoms. The van der Waals surface area contributed by atoms with E-state index >= 15 is 0 Å². The summed E-state index contributed by atoms with van der Waals surface area (Å²) in [4.78, 5) is 0. The summed E-state index contributed by atoms with van der Waals surface area (Å²) in [6.07, 6.45) is 1.18. The summed E-state index contributed by atoms with van der Waals surface area (Å²) in [5, 5.41) is 62.9. The van der Waals surface area contributed by atoms with Gasteiger partial charge >= 0.3 is 0 Å². The molecule has 0 aromatic heterocycles. The number of aliphatic hydroxyl groups is 2. The molecule has 0 aliphatic carbocycles. The Kier molecular flexibility index (Phi) is 8.66. The van der Waals surface area contributed by atoms with Gasteiger partial charge in [-0.1, -0.05) is 47.5 Å². The molecule has 0 unspecified atom stereocenters. The molecule has 4 aromatic rings. The van der Waals surface area contributed by atoms with Crippen molar-refractivity contribution in [2.45, 2.75) is 74.0 Å². The third kappa shape index (κ3) is 5.90. The lowest BCUT2D eigenvalue weighted by atomic mass is 9.86. The molecule has 0 saturated heterocycles. The predicted molar refractivity (Wildman–Crippen MR) is 161 cm³/mol. The highest BCUT2D eigenvalue weighted by Gasteiger charge is 2.20. The summed E-state index contributed by atoms with van der Waals surface area (Å²) < 4.78 is 0. The van der Waals surface area contributed by atoms with Crippen LogP contribution < -0.4 is 0 Å². The third-order valence-electron chi connectivity index (χ3n) is 8.25. The molecule has 0 spiro atoms. The summed E-state index contributed by atoms with van der Waals surface area (Å²) in [6, 6.07) is 11.2. The topological polar surface area (TPSA) is 121 Å². The van der Waals surface area contributed by atoms with E-state index < -0.39 is 0 Å². The lowest BCUT2D eigenvalue weighted by molar-refractivity contribution is 0.274. The molecule has 0 amide bonds. The molecule has 216 valence electrons. The van der Waals surface area contributed by atoms with Crippen molar-refractivity contribution in [2.75, 3.05) is 0 Å². The SMILES string of the molecule is Cc1cc(CO)c(O)c(Cc2c(C)c(Cc3cc(C)c(O)c(Cc4cc(C)cc(CO)c4O)c3C)cc(C)c2O)c1. The molecule has 0 aliphatic rings. The second-order valence-electron chi connectivity index (χ2n) is 11.3. The quantitative estimate of drug-likeness (QED) is 0.156. The van der Waals surface area contributed by atoms with Crippen molar-refractivity contribution < 1.29 is 30.6 Å². The van der Waals surface area contributed by atoms with E-state index in [1.54, 1.807) is 12.1 Å². The normalized spacial score (nSPS) is 11.3. The van der Waals surface area contributed by atoms with Gasteiger partial charge in [0.2, 0.25) is 0 Å². The number of hydrogen-bond acceptors (Lipinski definition) is 6. The van der Waals surface area contributed by atoms with E-state index in [4.69, 9.17) is 0 Å². The van der Waals surface area contributed by atoms with Gasteiger partial charge in [0.1, 0.15) is 23.0 Å². The largest absolute Gasteiger partial charge is 0.507 e. The number of benzene rings is 4. The van der Waals surface area contributed by atoms with Crippen molar-refractivity contribution in [1.29, 1.82) is 0 Å². The molecule has 0 atom stereocenters. The fourth-order valence-electron chi connectivity index (χ4n) is 5.86. The van der Waals surface area contributed by atoms with Gasteiger partial charge < -0.3 is 30.6 Å². The summed E-state index contributed by atoms with van der Waals surface area (Å²) in [5.74, 6) is 0.454. The molecule has 0 radical (unpaired) electrons. The van der Waals surface area contributed by atoms with Gasteiger partial charge in [0.25, 0.3) is 0 Å². The lowest BCUT2D eigenvalue weighted by Gasteiger charge is -2.20. The Labute approximate surface area is 241 Å². The predicted octanol–water partition coefficient (Wildman–Crippen LogP) is 6.12. The summed E-state index contributed by atoms with van der Waals surface area (Å²) in [7, 11) is 0. The van der Waals surface area contributed by atoms with Crippen molar-refractivity contribution in [3.8, 4) is 23.0 Å². The third-order valence-corrected chi connectivity index (χ3v) is 8.25. The molecule has 4 rings (SSSR count). The van der Waals surface area contributed by atoms with Gasteiger partial charge in [0.15, 0.2) is 0 Å². The Morgan fingerprint density at radius 1 is 0.415 bits per heavy atom. The molecule has 0 bridgehead atoms. The molecule has 6 N–H and O–H groups in total. The standard InChI is InChI=1S/C35H40O6/c1-18-7-26(34(40)28(9-18)16-36)14-30-22(5)24(11-20(3)32(30)38)13-25-12-21(4)33(39)31(23(25)6)15-27-8-19(2)10-29(17-37)35(27)41/h7-12,36-41H,13-17H2,1-6H3. The molecular formula is C35H40O6. The van der Waals surface area contributed by atoms with E-state index in [9.17, 15) is 30.6 Å².